The van der Waals surface area contributed by atoms with Gasteiger partial charge in [0.15, 0.2) is 0 Å². The molecule has 0 bridgehead atoms. The molecule has 2 rings (SSSR count). The van der Waals surface area contributed by atoms with Crippen LogP contribution in [-0.4, -0.2) is 22.6 Å². The molecule has 0 aliphatic heterocycles. The van der Waals surface area contributed by atoms with E-state index in [1.165, 1.54) is 12.3 Å². The fourth-order valence-electron chi connectivity index (χ4n) is 1.58. The predicted molar refractivity (Wildman–Crippen MR) is 59.5 cm³/mol. The lowest BCUT2D eigenvalue weighted by Gasteiger charge is -2.20. The number of halogens is 4. The molecule has 0 spiro atoms. The fourth-order valence-corrected chi connectivity index (χ4v) is 1.88. The first kappa shape index (κ1) is 13.1. The molecular formula is C11H10ClF3N2O. The minimum absolute atomic E-state index is 0.0437. The van der Waals surface area contributed by atoms with Crippen molar-refractivity contribution < 1.29 is 18.0 Å². The van der Waals surface area contributed by atoms with Gasteiger partial charge in [-0.05, 0) is 25.8 Å². The predicted octanol–water partition coefficient (Wildman–Crippen LogP) is 2.87. The molecule has 1 aromatic rings. The minimum Gasteiger partial charge on any atom is -0.338 e. The average Bonchev–Trinajstić information content (AvgIpc) is 2.97. The van der Waals surface area contributed by atoms with Gasteiger partial charge in [0, 0.05) is 11.9 Å². The number of hydrogen-bond acceptors (Lipinski definition) is 2. The van der Waals surface area contributed by atoms with Gasteiger partial charge in [-0.1, -0.05) is 11.6 Å². The molecule has 1 aliphatic carbocycles. The Morgan fingerprint density at radius 3 is 2.56 bits per heavy atom. The van der Waals surface area contributed by atoms with Gasteiger partial charge in [0.1, 0.15) is 5.54 Å². The highest BCUT2D eigenvalue weighted by molar-refractivity contribution is 6.33. The van der Waals surface area contributed by atoms with E-state index >= 15 is 0 Å². The van der Waals surface area contributed by atoms with Crippen LogP contribution in [-0.2, 0) is 0 Å². The summed E-state index contributed by atoms with van der Waals surface area (Å²) in [6.07, 6.45) is -3.45. The Kier molecular flexibility index (Phi) is 3.01. The molecule has 1 aliphatic rings. The molecule has 7 heteroatoms. The lowest BCUT2D eigenvalue weighted by Crippen LogP contribution is -2.47. The topological polar surface area (TPSA) is 42.0 Å². The van der Waals surface area contributed by atoms with E-state index in [0.29, 0.717) is 5.69 Å². The number of nitrogens with one attached hydrogen (secondary N) is 1. The van der Waals surface area contributed by atoms with Gasteiger partial charge in [0.05, 0.1) is 10.6 Å². The summed E-state index contributed by atoms with van der Waals surface area (Å²) in [6.45, 7) is 1.67. The summed E-state index contributed by atoms with van der Waals surface area (Å²) < 4.78 is 38.0. The second-order valence-corrected chi connectivity index (χ2v) is 4.75. The first-order chi connectivity index (χ1) is 8.25. The highest BCUT2D eigenvalue weighted by Gasteiger charge is 2.64. The van der Waals surface area contributed by atoms with Crippen LogP contribution in [0.2, 0.25) is 5.02 Å². The highest BCUT2D eigenvalue weighted by atomic mass is 35.5. The van der Waals surface area contributed by atoms with E-state index in [4.69, 9.17) is 11.6 Å². The Morgan fingerprint density at radius 1 is 1.50 bits per heavy atom. The maximum atomic E-state index is 12.7. The van der Waals surface area contributed by atoms with Gasteiger partial charge in [0.2, 0.25) is 0 Å². The van der Waals surface area contributed by atoms with Crippen molar-refractivity contribution in [3.05, 3.63) is 28.5 Å². The molecule has 1 amide bonds. The van der Waals surface area contributed by atoms with E-state index in [2.05, 4.69) is 4.98 Å². The summed E-state index contributed by atoms with van der Waals surface area (Å²) >= 11 is 5.81. The number of nitrogens with zero attached hydrogens (tertiary/aromatic N) is 1. The van der Waals surface area contributed by atoms with E-state index < -0.39 is 17.6 Å². The molecule has 1 aromatic heterocycles. The summed E-state index contributed by atoms with van der Waals surface area (Å²) in [6, 6.07) is 1.43. The van der Waals surface area contributed by atoms with Crippen molar-refractivity contribution in [2.75, 3.05) is 0 Å². The van der Waals surface area contributed by atoms with Crippen LogP contribution in [0, 0.1) is 6.92 Å². The summed E-state index contributed by atoms with van der Waals surface area (Å²) in [5.74, 6) is -0.845. The number of carbonyl (C=O) groups is 1. The van der Waals surface area contributed by atoms with Gasteiger partial charge >= 0.3 is 6.18 Å². The molecule has 1 N–H and O–H groups in total. The third-order valence-electron chi connectivity index (χ3n) is 2.88. The van der Waals surface area contributed by atoms with Crippen LogP contribution in [0.15, 0.2) is 12.3 Å². The van der Waals surface area contributed by atoms with Crippen LogP contribution in [0.1, 0.15) is 28.9 Å². The smallest absolute Gasteiger partial charge is 0.338 e. The number of aryl methyl sites for hydroxylation is 1. The van der Waals surface area contributed by atoms with Crippen molar-refractivity contribution in [2.24, 2.45) is 0 Å². The number of hydrogen-bond donors (Lipinski definition) is 1. The number of rotatable bonds is 2. The maximum Gasteiger partial charge on any atom is 0.411 e. The van der Waals surface area contributed by atoms with E-state index in [-0.39, 0.29) is 23.4 Å². The molecular weight excluding hydrogens is 269 g/mol. The van der Waals surface area contributed by atoms with Gasteiger partial charge in [-0.3, -0.25) is 9.78 Å². The summed E-state index contributed by atoms with van der Waals surface area (Å²) in [5.41, 5.74) is -1.54. The lowest BCUT2D eigenvalue weighted by atomic mass is 10.2. The van der Waals surface area contributed by atoms with Crippen LogP contribution in [0.3, 0.4) is 0 Å². The Bertz CT molecular complexity index is 498. The third-order valence-corrected chi connectivity index (χ3v) is 3.19. The van der Waals surface area contributed by atoms with E-state index in [0.717, 1.165) is 0 Å². The van der Waals surface area contributed by atoms with Crippen LogP contribution in [0.4, 0.5) is 13.2 Å². The van der Waals surface area contributed by atoms with Gasteiger partial charge in [0.25, 0.3) is 5.91 Å². The van der Waals surface area contributed by atoms with Crippen LogP contribution >= 0.6 is 11.6 Å². The number of pyridine rings is 1. The van der Waals surface area contributed by atoms with Crippen LogP contribution < -0.4 is 5.32 Å². The number of aromatic nitrogens is 1. The SMILES string of the molecule is Cc1cc(Cl)c(C(=O)NC2(C(F)(F)F)CC2)cn1. The van der Waals surface area contributed by atoms with Crippen molar-refractivity contribution in [2.45, 2.75) is 31.5 Å². The van der Waals surface area contributed by atoms with E-state index in [9.17, 15) is 18.0 Å². The number of alkyl halides is 3. The zero-order chi connectivity index (χ0) is 13.6. The first-order valence-electron chi connectivity index (χ1n) is 5.26. The Labute approximate surface area is 106 Å². The van der Waals surface area contributed by atoms with Gasteiger partial charge in [-0.2, -0.15) is 13.2 Å². The second kappa shape index (κ2) is 4.12. The zero-order valence-corrected chi connectivity index (χ0v) is 10.2. The summed E-state index contributed by atoms with van der Waals surface area (Å²) in [4.78, 5) is 15.6. The normalized spacial score (nSPS) is 17.4. The molecule has 3 nitrogen and oxygen atoms in total. The molecule has 0 aromatic carbocycles. The van der Waals surface area contributed by atoms with Gasteiger partial charge in [-0.25, -0.2) is 0 Å². The van der Waals surface area contributed by atoms with Gasteiger partial charge < -0.3 is 5.32 Å². The Morgan fingerprint density at radius 2 is 2.11 bits per heavy atom. The standard InChI is InChI=1S/C11H10ClF3N2O/c1-6-4-8(12)7(5-16-6)9(18)17-10(2-3-10)11(13,14)15/h4-5H,2-3H2,1H3,(H,17,18). The zero-order valence-electron chi connectivity index (χ0n) is 9.44. The number of amides is 1. The largest absolute Gasteiger partial charge is 0.411 e. The van der Waals surface area contributed by atoms with Crippen LogP contribution in [0.25, 0.3) is 0 Å². The molecule has 0 unspecified atom stereocenters. The highest BCUT2D eigenvalue weighted by Crippen LogP contribution is 2.49. The summed E-state index contributed by atoms with van der Waals surface area (Å²) in [5, 5.41) is 2.09. The van der Waals surface area contributed by atoms with Crippen molar-refractivity contribution in [3.8, 4) is 0 Å². The van der Waals surface area contributed by atoms with Crippen molar-refractivity contribution >= 4 is 17.5 Å². The first-order valence-corrected chi connectivity index (χ1v) is 5.64. The summed E-state index contributed by atoms with van der Waals surface area (Å²) in [7, 11) is 0. The van der Waals surface area contributed by atoms with E-state index in [1.807, 2.05) is 5.32 Å². The molecule has 1 fully saturated rings. The molecule has 1 saturated carbocycles. The molecule has 0 radical (unpaired) electrons. The van der Waals surface area contributed by atoms with Crippen molar-refractivity contribution in [1.82, 2.24) is 10.3 Å². The quantitative estimate of drug-likeness (QED) is 0.904. The Hall–Kier alpha value is -1.30. The number of carbonyl (C=O) groups excluding carboxylic acids is 1. The molecule has 98 valence electrons. The Balaban J connectivity index is 2.19. The third kappa shape index (κ3) is 2.29. The maximum absolute atomic E-state index is 12.7. The van der Waals surface area contributed by atoms with E-state index in [1.54, 1.807) is 6.92 Å². The molecule has 0 saturated heterocycles. The van der Waals surface area contributed by atoms with Gasteiger partial charge in [-0.15, -0.1) is 0 Å². The second-order valence-electron chi connectivity index (χ2n) is 4.34. The monoisotopic (exact) mass is 278 g/mol. The fraction of sp³-hybridized carbons (Fsp3) is 0.455. The molecule has 1 heterocycles. The average molecular weight is 279 g/mol. The molecule has 18 heavy (non-hydrogen) atoms. The molecule has 0 atom stereocenters. The minimum atomic E-state index is -4.44. The lowest BCUT2D eigenvalue weighted by molar-refractivity contribution is -0.163. The van der Waals surface area contributed by atoms with Crippen molar-refractivity contribution in [3.63, 3.8) is 0 Å². The van der Waals surface area contributed by atoms with Crippen molar-refractivity contribution in [1.29, 1.82) is 0 Å². The van der Waals surface area contributed by atoms with Crippen LogP contribution in [0.5, 0.6) is 0 Å².